The molecule has 7 heteroatoms. The van der Waals surface area contributed by atoms with Crippen LogP contribution in [0.2, 0.25) is 0 Å². The molecule has 0 unspecified atom stereocenters. The topological polar surface area (TPSA) is 41.1 Å². The van der Waals surface area contributed by atoms with E-state index in [9.17, 15) is 13.6 Å². The summed E-state index contributed by atoms with van der Waals surface area (Å²) in [5.74, 6) is -1.97. The number of benzene rings is 1. The Morgan fingerprint density at radius 3 is 2.72 bits per heavy atom. The molecule has 1 saturated heterocycles. The number of amides is 1. The molecule has 3 nitrogen and oxygen atoms in total. The van der Waals surface area contributed by atoms with E-state index in [1.807, 2.05) is 0 Å². The minimum Gasteiger partial charge on any atom is -0.348 e. The SMILES string of the molecule is Cl.O=C(N[C@@H]1CCNC1)c1cc(I)c(F)cc1F. The van der Waals surface area contributed by atoms with Crippen molar-refractivity contribution in [1.82, 2.24) is 10.6 Å². The normalized spacial score (nSPS) is 18.3. The van der Waals surface area contributed by atoms with Gasteiger partial charge < -0.3 is 10.6 Å². The Morgan fingerprint density at radius 2 is 2.11 bits per heavy atom. The van der Waals surface area contributed by atoms with Gasteiger partial charge in [-0.3, -0.25) is 4.79 Å². The summed E-state index contributed by atoms with van der Waals surface area (Å²) in [6, 6.07) is 1.98. The Morgan fingerprint density at radius 1 is 1.39 bits per heavy atom. The minimum absolute atomic E-state index is 0. The lowest BCUT2D eigenvalue weighted by atomic mass is 10.1. The lowest BCUT2D eigenvalue weighted by Crippen LogP contribution is -2.36. The molecule has 0 radical (unpaired) electrons. The number of rotatable bonds is 2. The molecule has 0 aromatic heterocycles. The highest BCUT2D eigenvalue weighted by Crippen LogP contribution is 2.17. The van der Waals surface area contributed by atoms with E-state index in [4.69, 9.17) is 0 Å². The highest BCUT2D eigenvalue weighted by Gasteiger charge is 2.20. The van der Waals surface area contributed by atoms with Gasteiger partial charge in [-0.25, -0.2) is 8.78 Å². The van der Waals surface area contributed by atoms with Crippen molar-refractivity contribution in [2.75, 3.05) is 13.1 Å². The van der Waals surface area contributed by atoms with Crippen LogP contribution in [0.15, 0.2) is 12.1 Å². The van der Waals surface area contributed by atoms with Gasteiger partial charge in [0.1, 0.15) is 11.6 Å². The van der Waals surface area contributed by atoms with Gasteiger partial charge >= 0.3 is 0 Å². The zero-order chi connectivity index (χ0) is 12.4. The van der Waals surface area contributed by atoms with Crippen molar-refractivity contribution in [3.63, 3.8) is 0 Å². The maximum absolute atomic E-state index is 13.4. The summed E-state index contributed by atoms with van der Waals surface area (Å²) in [6.45, 7) is 1.53. The molecule has 1 fully saturated rings. The first-order valence-corrected chi connectivity index (χ1v) is 6.32. The molecule has 100 valence electrons. The fraction of sp³-hybridized carbons (Fsp3) is 0.364. The van der Waals surface area contributed by atoms with Crippen molar-refractivity contribution in [1.29, 1.82) is 0 Å². The quantitative estimate of drug-likeness (QED) is 0.602. The van der Waals surface area contributed by atoms with Gasteiger partial charge in [-0.15, -0.1) is 12.4 Å². The van der Waals surface area contributed by atoms with Gasteiger partial charge in [0.2, 0.25) is 0 Å². The molecule has 1 amide bonds. The molecule has 0 saturated carbocycles. The first-order chi connectivity index (χ1) is 8.08. The molecular weight excluding hydrogens is 376 g/mol. The number of hydrogen-bond acceptors (Lipinski definition) is 2. The molecule has 1 aliphatic rings. The number of hydrogen-bond donors (Lipinski definition) is 2. The van der Waals surface area contributed by atoms with Gasteiger partial charge in [0, 0.05) is 22.2 Å². The molecule has 1 aliphatic heterocycles. The maximum Gasteiger partial charge on any atom is 0.254 e. The predicted molar refractivity (Wildman–Crippen MR) is 75.1 cm³/mol. The van der Waals surface area contributed by atoms with Gasteiger partial charge in [-0.1, -0.05) is 0 Å². The Labute approximate surface area is 123 Å². The lowest BCUT2D eigenvalue weighted by Gasteiger charge is -2.12. The molecule has 0 bridgehead atoms. The van der Waals surface area contributed by atoms with Crippen LogP contribution in [0.3, 0.4) is 0 Å². The van der Waals surface area contributed by atoms with Crippen molar-refractivity contribution in [3.05, 3.63) is 32.9 Å². The zero-order valence-corrected chi connectivity index (χ0v) is 12.3. The van der Waals surface area contributed by atoms with Crippen molar-refractivity contribution in [2.24, 2.45) is 0 Å². The summed E-state index contributed by atoms with van der Waals surface area (Å²) in [5.41, 5.74) is -0.109. The van der Waals surface area contributed by atoms with E-state index in [2.05, 4.69) is 10.6 Å². The fourth-order valence-electron chi connectivity index (χ4n) is 1.74. The van der Waals surface area contributed by atoms with E-state index in [-0.39, 0.29) is 27.6 Å². The van der Waals surface area contributed by atoms with E-state index in [0.717, 1.165) is 19.0 Å². The van der Waals surface area contributed by atoms with Crippen LogP contribution in [0.25, 0.3) is 0 Å². The molecular formula is C11H12ClF2IN2O. The van der Waals surface area contributed by atoms with Gasteiger partial charge in [-0.2, -0.15) is 0 Å². The third-order valence-corrected chi connectivity index (χ3v) is 3.48. The van der Waals surface area contributed by atoms with Gasteiger partial charge in [-0.05, 0) is 41.6 Å². The first-order valence-electron chi connectivity index (χ1n) is 5.24. The largest absolute Gasteiger partial charge is 0.348 e. The molecule has 2 N–H and O–H groups in total. The third kappa shape index (κ3) is 3.52. The highest BCUT2D eigenvalue weighted by atomic mass is 127. The molecule has 1 aromatic rings. The predicted octanol–water partition coefficient (Wildman–Crippen LogP) is 2.08. The van der Waals surface area contributed by atoms with E-state index in [1.54, 1.807) is 22.6 Å². The van der Waals surface area contributed by atoms with Crippen LogP contribution in [-0.2, 0) is 0 Å². The van der Waals surface area contributed by atoms with E-state index >= 15 is 0 Å². The molecule has 1 aromatic carbocycles. The standard InChI is InChI=1S/C11H11F2IN2O.ClH/c12-8-4-9(13)10(14)3-7(8)11(17)16-6-1-2-15-5-6;/h3-4,6,15H,1-2,5H2,(H,16,17);1H/t6-;/m1./s1. The summed E-state index contributed by atoms with van der Waals surface area (Å²) >= 11 is 1.73. The Kier molecular flexibility index (Phi) is 5.74. The van der Waals surface area contributed by atoms with Gasteiger partial charge in [0.15, 0.2) is 0 Å². The van der Waals surface area contributed by atoms with Crippen LogP contribution in [0.5, 0.6) is 0 Å². The van der Waals surface area contributed by atoms with Crippen LogP contribution >= 0.6 is 35.0 Å². The zero-order valence-electron chi connectivity index (χ0n) is 9.30. The molecule has 0 spiro atoms. The highest BCUT2D eigenvalue weighted by molar-refractivity contribution is 14.1. The Balaban J connectivity index is 0.00000162. The van der Waals surface area contributed by atoms with Crippen molar-refractivity contribution in [3.8, 4) is 0 Å². The van der Waals surface area contributed by atoms with Gasteiger partial charge in [0.25, 0.3) is 5.91 Å². The van der Waals surface area contributed by atoms with Gasteiger partial charge in [0.05, 0.1) is 5.56 Å². The number of nitrogens with one attached hydrogen (secondary N) is 2. The summed E-state index contributed by atoms with van der Waals surface area (Å²) in [6.07, 6.45) is 0.825. The minimum atomic E-state index is -0.827. The van der Waals surface area contributed by atoms with E-state index in [0.29, 0.717) is 6.54 Å². The average molecular weight is 389 g/mol. The van der Waals surface area contributed by atoms with Crippen LogP contribution in [0.1, 0.15) is 16.8 Å². The van der Waals surface area contributed by atoms with Crippen LogP contribution in [-0.4, -0.2) is 25.0 Å². The van der Waals surface area contributed by atoms with Crippen LogP contribution < -0.4 is 10.6 Å². The second-order valence-electron chi connectivity index (χ2n) is 3.91. The lowest BCUT2D eigenvalue weighted by molar-refractivity contribution is 0.0936. The maximum atomic E-state index is 13.4. The monoisotopic (exact) mass is 388 g/mol. The molecule has 0 aliphatic carbocycles. The van der Waals surface area contributed by atoms with Crippen LogP contribution in [0, 0.1) is 15.2 Å². The number of carbonyl (C=O) groups is 1. The van der Waals surface area contributed by atoms with E-state index < -0.39 is 17.5 Å². The van der Waals surface area contributed by atoms with Crippen molar-refractivity contribution >= 4 is 40.9 Å². The van der Waals surface area contributed by atoms with Crippen LogP contribution in [0.4, 0.5) is 8.78 Å². The average Bonchev–Trinajstić information content (AvgIpc) is 2.76. The summed E-state index contributed by atoms with van der Waals surface area (Å²) in [5, 5.41) is 5.81. The van der Waals surface area contributed by atoms with E-state index in [1.165, 1.54) is 6.07 Å². The summed E-state index contributed by atoms with van der Waals surface area (Å²) in [4.78, 5) is 11.8. The molecule has 1 heterocycles. The first kappa shape index (κ1) is 15.6. The second-order valence-corrected chi connectivity index (χ2v) is 5.07. The molecule has 2 rings (SSSR count). The third-order valence-electron chi connectivity index (χ3n) is 2.65. The second kappa shape index (κ2) is 6.63. The number of halogens is 4. The summed E-state index contributed by atoms with van der Waals surface area (Å²) in [7, 11) is 0. The number of carbonyl (C=O) groups excluding carboxylic acids is 1. The fourth-order valence-corrected chi connectivity index (χ4v) is 2.20. The molecule has 1 atom stereocenters. The van der Waals surface area contributed by atoms with Crippen molar-refractivity contribution < 1.29 is 13.6 Å². The summed E-state index contributed by atoms with van der Waals surface area (Å²) < 4.78 is 26.7. The van der Waals surface area contributed by atoms with Crippen molar-refractivity contribution in [2.45, 2.75) is 12.5 Å². The smallest absolute Gasteiger partial charge is 0.254 e. The molecule has 18 heavy (non-hydrogen) atoms. The Bertz CT molecular complexity index is 453. The Hall–Kier alpha value is -0.470.